The minimum atomic E-state index is 0.543. The summed E-state index contributed by atoms with van der Waals surface area (Å²) < 4.78 is 0. The topological polar surface area (TPSA) is 12.0 Å². The molecule has 0 amide bonds. The highest BCUT2D eigenvalue weighted by Crippen LogP contribution is 2.37. The van der Waals surface area contributed by atoms with Crippen molar-refractivity contribution >= 4 is 0 Å². The lowest BCUT2D eigenvalue weighted by molar-refractivity contribution is 0.167. The van der Waals surface area contributed by atoms with Crippen LogP contribution in [0.25, 0.3) is 0 Å². The Morgan fingerprint density at radius 2 is 1.63 bits per heavy atom. The van der Waals surface area contributed by atoms with E-state index in [1.165, 1.54) is 51.5 Å². The zero-order chi connectivity index (χ0) is 14.7. The van der Waals surface area contributed by atoms with Crippen LogP contribution in [-0.2, 0) is 0 Å². The van der Waals surface area contributed by atoms with E-state index in [0.717, 1.165) is 18.4 Å². The van der Waals surface area contributed by atoms with Crippen LogP contribution in [0, 0.1) is 17.3 Å². The van der Waals surface area contributed by atoms with Gasteiger partial charge in [-0.05, 0) is 43.1 Å². The first kappa shape index (κ1) is 19.0. The van der Waals surface area contributed by atoms with Gasteiger partial charge in [0.25, 0.3) is 0 Å². The average molecular weight is 270 g/mol. The molecule has 0 saturated carbocycles. The Morgan fingerprint density at radius 1 is 1.00 bits per heavy atom. The summed E-state index contributed by atoms with van der Waals surface area (Å²) in [5, 5.41) is 3.74. The Hall–Kier alpha value is -0.0400. The summed E-state index contributed by atoms with van der Waals surface area (Å²) in [6, 6.07) is 0. The number of nitrogens with one attached hydrogen (secondary N) is 1. The van der Waals surface area contributed by atoms with Gasteiger partial charge in [-0.3, -0.25) is 0 Å². The molecule has 1 heteroatoms. The van der Waals surface area contributed by atoms with Crippen LogP contribution in [-0.4, -0.2) is 13.1 Å². The monoisotopic (exact) mass is 269 g/mol. The SMILES string of the molecule is CCCCC(CC)(CNCC(C)C)CC(CC)CC. The van der Waals surface area contributed by atoms with E-state index >= 15 is 0 Å². The van der Waals surface area contributed by atoms with Gasteiger partial charge in [0.1, 0.15) is 0 Å². The molecule has 0 aromatic heterocycles. The molecule has 1 unspecified atom stereocenters. The van der Waals surface area contributed by atoms with Crippen molar-refractivity contribution in [3.8, 4) is 0 Å². The van der Waals surface area contributed by atoms with Gasteiger partial charge in [0.15, 0.2) is 0 Å². The lowest BCUT2D eigenvalue weighted by Gasteiger charge is -2.36. The maximum absolute atomic E-state index is 3.74. The molecule has 0 bridgehead atoms. The highest BCUT2D eigenvalue weighted by Gasteiger charge is 2.29. The normalized spacial score (nSPS) is 15.2. The van der Waals surface area contributed by atoms with Gasteiger partial charge in [-0.15, -0.1) is 0 Å². The molecular formula is C18H39N. The van der Waals surface area contributed by atoms with Crippen LogP contribution in [0.3, 0.4) is 0 Å². The second-order valence-electron chi connectivity index (χ2n) is 6.87. The quantitative estimate of drug-likeness (QED) is 0.483. The van der Waals surface area contributed by atoms with Gasteiger partial charge in [0.2, 0.25) is 0 Å². The molecule has 0 rings (SSSR count). The van der Waals surface area contributed by atoms with Crippen molar-refractivity contribution in [2.45, 2.75) is 86.5 Å². The van der Waals surface area contributed by atoms with Gasteiger partial charge in [-0.1, -0.05) is 67.2 Å². The molecule has 0 fully saturated rings. The maximum atomic E-state index is 3.74. The van der Waals surface area contributed by atoms with Crippen molar-refractivity contribution in [1.29, 1.82) is 0 Å². The van der Waals surface area contributed by atoms with Crippen LogP contribution in [0.1, 0.15) is 86.5 Å². The second-order valence-corrected chi connectivity index (χ2v) is 6.87. The van der Waals surface area contributed by atoms with Crippen LogP contribution in [0.15, 0.2) is 0 Å². The van der Waals surface area contributed by atoms with Crippen molar-refractivity contribution in [2.75, 3.05) is 13.1 Å². The van der Waals surface area contributed by atoms with E-state index < -0.39 is 0 Å². The van der Waals surface area contributed by atoms with Crippen molar-refractivity contribution in [3.63, 3.8) is 0 Å². The van der Waals surface area contributed by atoms with Gasteiger partial charge in [-0.2, -0.15) is 0 Å². The van der Waals surface area contributed by atoms with Gasteiger partial charge < -0.3 is 5.32 Å². The molecule has 0 radical (unpaired) electrons. The Labute approximate surface area is 122 Å². The zero-order valence-electron chi connectivity index (χ0n) is 14.5. The Kier molecular flexibility index (Phi) is 10.7. The summed E-state index contributed by atoms with van der Waals surface area (Å²) in [6.07, 6.45) is 9.55. The summed E-state index contributed by atoms with van der Waals surface area (Å²) in [5.74, 6) is 1.67. The molecular weight excluding hydrogens is 230 g/mol. The minimum absolute atomic E-state index is 0.543. The van der Waals surface area contributed by atoms with E-state index in [9.17, 15) is 0 Å². The predicted molar refractivity (Wildman–Crippen MR) is 88.6 cm³/mol. The van der Waals surface area contributed by atoms with Gasteiger partial charge in [-0.25, -0.2) is 0 Å². The molecule has 116 valence electrons. The molecule has 0 aromatic rings. The van der Waals surface area contributed by atoms with Crippen LogP contribution >= 0.6 is 0 Å². The molecule has 1 N–H and O–H groups in total. The van der Waals surface area contributed by atoms with Crippen molar-refractivity contribution in [1.82, 2.24) is 5.32 Å². The van der Waals surface area contributed by atoms with E-state index in [1.807, 2.05) is 0 Å². The van der Waals surface area contributed by atoms with E-state index in [1.54, 1.807) is 0 Å². The number of rotatable bonds is 12. The van der Waals surface area contributed by atoms with E-state index in [0.29, 0.717) is 5.41 Å². The largest absolute Gasteiger partial charge is 0.316 e. The highest BCUT2D eigenvalue weighted by molar-refractivity contribution is 4.83. The highest BCUT2D eigenvalue weighted by atomic mass is 14.9. The fourth-order valence-electron chi connectivity index (χ4n) is 3.08. The fourth-order valence-corrected chi connectivity index (χ4v) is 3.08. The molecule has 1 nitrogen and oxygen atoms in total. The van der Waals surface area contributed by atoms with Crippen LogP contribution in [0.5, 0.6) is 0 Å². The van der Waals surface area contributed by atoms with Crippen molar-refractivity contribution in [3.05, 3.63) is 0 Å². The van der Waals surface area contributed by atoms with Crippen LogP contribution in [0.4, 0.5) is 0 Å². The van der Waals surface area contributed by atoms with Gasteiger partial charge in [0.05, 0.1) is 0 Å². The van der Waals surface area contributed by atoms with Gasteiger partial charge in [0, 0.05) is 6.54 Å². The van der Waals surface area contributed by atoms with E-state index in [-0.39, 0.29) is 0 Å². The van der Waals surface area contributed by atoms with Crippen molar-refractivity contribution in [2.24, 2.45) is 17.3 Å². The van der Waals surface area contributed by atoms with Crippen molar-refractivity contribution < 1.29 is 0 Å². The predicted octanol–water partition coefficient (Wildman–Crippen LogP) is 5.64. The molecule has 0 heterocycles. The molecule has 0 aromatic carbocycles. The summed E-state index contributed by atoms with van der Waals surface area (Å²) >= 11 is 0. The molecule has 0 spiro atoms. The van der Waals surface area contributed by atoms with Crippen LogP contribution in [0.2, 0.25) is 0 Å². The Morgan fingerprint density at radius 3 is 2.05 bits per heavy atom. The Bertz CT molecular complexity index is 196. The smallest absolute Gasteiger partial charge is 0.000792 e. The third-order valence-corrected chi connectivity index (χ3v) is 4.74. The third kappa shape index (κ3) is 7.97. The first-order chi connectivity index (χ1) is 9.03. The van der Waals surface area contributed by atoms with E-state index in [4.69, 9.17) is 0 Å². The molecule has 1 atom stereocenters. The lowest BCUT2D eigenvalue weighted by Crippen LogP contribution is -2.37. The first-order valence-corrected chi connectivity index (χ1v) is 8.74. The lowest BCUT2D eigenvalue weighted by atomic mass is 9.72. The Balaban J connectivity index is 4.56. The number of hydrogen-bond acceptors (Lipinski definition) is 1. The van der Waals surface area contributed by atoms with Crippen LogP contribution < -0.4 is 5.32 Å². The molecule has 0 aliphatic rings. The number of unbranched alkanes of at least 4 members (excludes halogenated alkanes) is 1. The molecule has 0 aliphatic carbocycles. The fraction of sp³-hybridized carbons (Fsp3) is 1.00. The zero-order valence-corrected chi connectivity index (χ0v) is 14.5. The molecule has 19 heavy (non-hydrogen) atoms. The standard InChI is InChI=1S/C18H39N/c1-7-11-12-18(10-4,13-17(8-2)9-3)15-19-14-16(5)6/h16-17,19H,7-15H2,1-6H3. The van der Waals surface area contributed by atoms with Gasteiger partial charge >= 0.3 is 0 Å². The third-order valence-electron chi connectivity index (χ3n) is 4.74. The summed E-state index contributed by atoms with van der Waals surface area (Å²) in [7, 11) is 0. The average Bonchev–Trinajstić information content (AvgIpc) is 2.41. The minimum Gasteiger partial charge on any atom is -0.316 e. The summed E-state index contributed by atoms with van der Waals surface area (Å²) in [5.41, 5.74) is 0.543. The summed E-state index contributed by atoms with van der Waals surface area (Å²) in [4.78, 5) is 0. The molecule has 0 saturated heterocycles. The first-order valence-electron chi connectivity index (χ1n) is 8.74. The molecule has 0 aliphatic heterocycles. The second kappa shape index (κ2) is 10.7. The maximum Gasteiger partial charge on any atom is 0.000792 e. The van der Waals surface area contributed by atoms with E-state index in [2.05, 4.69) is 46.9 Å². The number of hydrogen-bond donors (Lipinski definition) is 1. The summed E-state index contributed by atoms with van der Waals surface area (Å²) in [6.45, 7) is 16.4.